The van der Waals surface area contributed by atoms with E-state index in [0.717, 1.165) is 11.3 Å². The summed E-state index contributed by atoms with van der Waals surface area (Å²) in [6.07, 6.45) is 1.12. The molecule has 1 rings (SSSR count). The summed E-state index contributed by atoms with van der Waals surface area (Å²) < 4.78 is 0. The second-order valence-electron chi connectivity index (χ2n) is 3.11. The summed E-state index contributed by atoms with van der Waals surface area (Å²) in [7, 11) is 0. The van der Waals surface area contributed by atoms with Gasteiger partial charge in [0.15, 0.2) is 0 Å². The third-order valence-corrected chi connectivity index (χ3v) is 1.88. The molecule has 1 aromatic heterocycles. The van der Waals surface area contributed by atoms with E-state index in [1.54, 1.807) is 12.3 Å². The molecule has 2 N–H and O–H groups in total. The zero-order chi connectivity index (χ0) is 11.3. The molecule has 0 radical (unpaired) electrons. The maximum atomic E-state index is 11.0. The zero-order valence-electron chi connectivity index (χ0n) is 8.36. The topological polar surface area (TPSA) is 79.3 Å². The Morgan fingerprint density at radius 3 is 2.87 bits per heavy atom. The predicted octanol–water partition coefficient (Wildman–Crippen LogP) is 0.481. The quantitative estimate of drug-likeness (QED) is 0.705. The molecule has 1 amide bonds. The average molecular weight is 208 g/mol. The van der Waals surface area contributed by atoms with Crippen LogP contribution in [0.3, 0.4) is 0 Å². The molecule has 0 saturated heterocycles. The molecule has 15 heavy (non-hydrogen) atoms. The van der Waals surface area contributed by atoms with Gasteiger partial charge in [-0.05, 0) is 18.6 Å². The van der Waals surface area contributed by atoms with Crippen molar-refractivity contribution in [2.24, 2.45) is 0 Å². The molecule has 0 aliphatic heterocycles. The van der Waals surface area contributed by atoms with Gasteiger partial charge in [0.25, 0.3) is 0 Å². The number of rotatable bonds is 4. The van der Waals surface area contributed by atoms with Crippen LogP contribution in [0.4, 0.5) is 0 Å². The van der Waals surface area contributed by atoms with Crippen molar-refractivity contribution in [2.45, 2.75) is 19.9 Å². The first-order valence-electron chi connectivity index (χ1n) is 4.48. The number of pyridine rings is 1. The minimum Gasteiger partial charge on any atom is -0.481 e. The van der Waals surface area contributed by atoms with Crippen molar-refractivity contribution in [3.8, 4) is 0 Å². The summed E-state index contributed by atoms with van der Waals surface area (Å²) in [5, 5.41) is 10.8. The SMILES string of the molecule is Cc1cccnc1CNC(=O)CC(=O)O. The number of carboxylic acid groups (broad SMARTS) is 1. The number of amides is 1. The van der Waals surface area contributed by atoms with Crippen molar-refractivity contribution >= 4 is 11.9 Å². The molecule has 0 spiro atoms. The fourth-order valence-electron chi connectivity index (χ4n) is 1.09. The fraction of sp³-hybridized carbons (Fsp3) is 0.300. The van der Waals surface area contributed by atoms with Gasteiger partial charge in [-0.3, -0.25) is 14.6 Å². The molecule has 1 heterocycles. The monoisotopic (exact) mass is 208 g/mol. The van der Waals surface area contributed by atoms with Crippen molar-refractivity contribution in [3.05, 3.63) is 29.6 Å². The van der Waals surface area contributed by atoms with Crippen LogP contribution in [0.15, 0.2) is 18.3 Å². The molecule has 0 aromatic carbocycles. The number of carboxylic acids is 1. The molecule has 0 aliphatic rings. The maximum absolute atomic E-state index is 11.0. The number of aromatic nitrogens is 1. The van der Waals surface area contributed by atoms with Gasteiger partial charge in [0.1, 0.15) is 6.42 Å². The summed E-state index contributed by atoms with van der Waals surface area (Å²) in [6, 6.07) is 3.68. The van der Waals surface area contributed by atoms with Crippen LogP contribution in [-0.4, -0.2) is 22.0 Å². The summed E-state index contributed by atoms with van der Waals surface area (Å²) in [5.41, 5.74) is 1.71. The highest BCUT2D eigenvalue weighted by atomic mass is 16.4. The van der Waals surface area contributed by atoms with Gasteiger partial charge >= 0.3 is 5.97 Å². The van der Waals surface area contributed by atoms with Crippen molar-refractivity contribution in [1.82, 2.24) is 10.3 Å². The number of hydrogen-bond acceptors (Lipinski definition) is 3. The van der Waals surface area contributed by atoms with Crippen LogP contribution in [0.1, 0.15) is 17.7 Å². The van der Waals surface area contributed by atoms with Crippen molar-refractivity contribution in [2.75, 3.05) is 0 Å². The molecular formula is C10H12N2O3. The van der Waals surface area contributed by atoms with E-state index in [-0.39, 0.29) is 6.54 Å². The minimum atomic E-state index is -1.13. The lowest BCUT2D eigenvalue weighted by atomic mass is 10.2. The Kier molecular flexibility index (Phi) is 3.79. The molecule has 0 atom stereocenters. The number of nitrogens with zero attached hydrogens (tertiary/aromatic N) is 1. The first-order valence-corrected chi connectivity index (χ1v) is 4.48. The number of hydrogen-bond donors (Lipinski definition) is 2. The second kappa shape index (κ2) is 5.09. The largest absolute Gasteiger partial charge is 0.481 e. The zero-order valence-corrected chi connectivity index (χ0v) is 8.36. The highest BCUT2D eigenvalue weighted by Gasteiger charge is 2.07. The molecule has 80 valence electrons. The van der Waals surface area contributed by atoms with E-state index in [1.807, 2.05) is 13.0 Å². The Morgan fingerprint density at radius 2 is 2.27 bits per heavy atom. The van der Waals surface area contributed by atoms with Gasteiger partial charge < -0.3 is 10.4 Å². The van der Waals surface area contributed by atoms with Gasteiger partial charge in [-0.1, -0.05) is 6.07 Å². The van der Waals surface area contributed by atoms with Crippen LogP contribution < -0.4 is 5.32 Å². The molecule has 0 fully saturated rings. The van der Waals surface area contributed by atoms with Crippen molar-refractivity contribution in [3.63, 3.8) is 0 Å². The van der Waals surface area contributed by atoms with E-state index in [1.165, 1.54) is 0 Å². The van der Waals surface area contributed by atoms with Crippen LogP contribution in [0.2, 0.25) is 0 Å². The molecule has 0 bridgehead atoms. The number of carbonyl (C=O) groups excluding carboxylic acids is 1. The first-order chi connectivity index (χ1) is 7.09. The standard InChI is InChI=1S/C10H12N2O3/c1-7-3-2-4-11-8(7)6-12-9(13)5-10(14)15/h2-4H,5-6H2,1H3,(H,12,13)(H,14,15). The van der Waals surface area contributed by atoms with Gasteiger partial charge in [0.2, 0.25) is 5.91 Å². The predicted molar refractivity (Wildman–Crippen MR) is 53.1 cm³/mol. The molecule has 0 saturated carbocycles. The third kappa shape index (κ3) is 3.76. The van der Waals surface area contributed by atoms with Crippen LogP contribution in [-0.2, 0) is 16.1 Å². The van der Waals surface area contributed by atoms with Crippen LogP contribution >= 0.6 is 0 Å². The molecule has 0 aliphatic carbocycles. The van der Waals surface area contributed by atoms with Gasteiger partial charge in [0, 0.05) is 6.20 Å². The van der Waals surface area contributed by atoms with E-state index >= 15 is 0 Å². The Balaban J connectivity index is 2.47. The highest BCUT2D eigenvalue weighted by Crippen LogP contribution is 2.02. The fourth-order valence-corrected chi connectivity index (χ4v) is 1.09. The number of aryl methyl sites for hydroxylation is 1. The normalized spacial score (nSPS) is 9.67. The van der Waals surface area contributed by atoms with Gasteiger partial charge in [-0.15, -0.1) is 0 Å². The van der Waals surface area contributed by atoms with Crippen molar-refractivity contribution in [1.29, 1.82) is 0 Å². The van der Waals surface area contributed by atoms with Gasteiger partial charge in [-0.2, -0.15) is 0 Å². The van der Waals surface area contributed by atoms with E-state index in [2.05, 4.69) is 10.3 Å². The van der Waals surface area contributed by atoms with Gasteiger partial charge in [-0.25, -0.2) is 0 Å². The van der Waals surface area contributed by atoms with E-state index in [9.17, 15) is 9.59 Å². The number of aliphatic carboxylic acids is 1. The third-order valence-electron chi connectivity index (χ3n) is 1.88. The molecule has 1 aromatic rings. The van der Waals surface area contributed by atoms with E-state index in [0.29, 0.717) is 0 Å². The second-order valence-corrected chi connectivity index (χ2v) is 3.11. The smallest absolute Gasteiger partial charge is 0.312 e. The van der Waals surface area contributed by atoms with E-state index in [4.69, 9.17) is 5.11 Å². The Bertz CT molecular complexity index is 377. The summed E-state index contributed by atoms with van der Waals surface area (Å²) in [5.74, 6) is -1.64. The van der Waals surface area contributed by atoms with Gasteiger partial charge in [0.05, 0.1) is 12.2 Å². The number of carbonyl (C=O) groups is 2. The molecular weight excluding hydrogens is 196 g/mol. The Morgan fingerprint density at radius 1 is 1.53 bits per heavy atom. The Labute approximate surface area is 87.1 Å². The van der Waals surface area contributed by atoms with E-state index < -0.39 is 18.3 Å². The maximum Gasteiger partial charge on any atom is 0.312 e. The lowest BCUT2D eigenvalue weighted by Gasteiger charge is -2.05. The van der Waals surface area contributed by atoms with Crippen molar-refractivity contribution < 1.29 is 14.7 Å². The van der Waals surface area contributed by atoms with Crippen LogP contribution in [0, 0.1) is 6.92 Å². The number of nitrogens with one attached hydrogen (secondary N) is 1. The molecule has 5 heteroatoms. The molecule has 0 unspecified atom stereocenters. The molecule has 5 nitrogen and oxygen atoms in total. The van der Waals surface area contributed by atoms with Crippen LogP contribution in [0.5, 0.6) is 0 Å². The summed E-state index contributed by atoms with van der Waals surface area (Å²) in [4.78, 5) is 25.3. The first kappa shape index (κ1) is 11.2. The highest BCUT2D eigenvalue weighted by molar-refractivity contribution is 5.93. The summed E-state index contributed by atoms with van der Waals surface area (Å²) >= 11 is 0. The van der Waals surface area contributed by atoms with Crippen LogP contribution in [0.25, 0.3) is 0 Å². The Hall–Kier alpha value is -1.91. The summed E-state index contributed by atoms with van der Waals surface area (Å²) in [6.45, 7) is 2.14. The average Bonchev–Trinajstić information content (AvgIpc) is 2.15. The lowest BCUT2D eigenvalue weighted by molar-refractivity contribution is -0.140. The minimum absolute atomic E-state index is 0.263. The lowest BCUT2D eigenvalue weighted by Crippen LogP contribution is -2.25.